The molecule has 2 saturated heterocycles. The van der Waals surface area contributed by atoms with Gasteiger partial charge in [0.2, 0.25) is 5.91 Å². The molecule has 0 bridgehead atoms. The van der Waals surface area contributed by atoms with Crippen LogP contribution in [-0.4, -0.2) is 49.7 Å². The zero-order valence-electron chi connectivity index (χ0n) is 13.9. The zero-order valence-corrected chi connectivity index (χ0v) is 13.9. The molecule has 2 heterocycles. The number of carbonyl (C=O) groups is 1. The van der Waals surface area contributed by atoms with Crippen LogP contribution in [0.5, 0.6) is 0 Å². The van der Waals surface area contributed by atoms with E-state index in [-0.39, 0.29) is 5.92 Å². The molecule has 3 aliphatic rings. The van der Waals surface area contributed by atoms with E-state index < -0.39 is 0 Å². The fourth-order valence-electron chi connectivity index (χ4n) is 4.21. The van der Waals surface area contributed by atoms with Crippen LogP contribution in [0.3, 0.4) is 0 Å². The zero-order chi connectivity index (χ0) is 15.2. The third-order valence-electron chi connectivity index (χ3n) is 5.70. The lowest BCUT2D eigenvalue weighted by Crippen LogP contribution is -2.44. The molecular weight excluding hydrogens is 276 g/mol. The molecule has 4 heteroatoms. The number of piperidine rings is 1. The highest BCUT2D eigenvalue weighted by molar-refractivity contribution is 5.79. The fraction of sp³-hybridized carbons (Fsp3) is 0.944. The smallest absolute Gasteiger partial charge is 0.223 e. The summed E-state index contributed by atoms with van der Waals surface area (Å²) in [6, 6.07) is 0.448. The second-order valence-electron chi connectivity index (χ2n) is 7.50. The third-order valence-corrected chi connectivity index (χ3v) is 5.70. The van der Waals surface area contributed by atoms with Gasteiger partial charge in [0.05, 0.1) is 6.61 Å². The van der Waals surface area contributed by atoms with E-state index in [1.165, 1.54) is 44.9 Å². The van der Waals surface area contributed by atoms with Gasteiger partial charge < -0.3 is 15.0 Å². The van der Waals surface area contributed by atoms with Gasteiger partial charge in [0, 0.05) is 25.1 Å². The van der Waals surface area contributed by atoms with Crippen molar-refractivity contribution in [2.45, 2.75) is 63.8 Å². The Hall–Kier alpha value is -0.610. The van der Waals surface area contributed by atoms with Crippen molar-refractivity contribution in [2.75, 3.05) is 32.8 Å². The Morgan fingerprint density at radius 3 is 2.36 bits per heavy atom. The summed E-state index contributed by atoms with van der Waals surface area (Å²) in [5, 5.41) is 3.34. The number of rotatable bonds is 4. The number of hydrogen-bond acceptors (Lipinski definition) is 3. The van der Waals surface area contributed by atoms with Gasteiger partial charge in [-0.1, -0.05) is 25.7 Å². The van der Waals surface area contributed by atoms with E-state index in [1.54, 1.807) is 0 Å². The van der Waals surface area contributed by atoms with Crippen LogP contribution in [0.25, 0.3) is 0 Å². The summed E-state index contributed by atoms with van der Waals surface area (Å²) >= 11 is 0. The Labute approximate surface area is 135 Å². The van der Waals surface area contributed by atoms with Crippen molar-refractivity contribution in [1.29, 1.82) is 0 Å². The van der Waals surface area contributed by atoms with E-state index in [0.717, 1.165) is 51.6 Å². The first-order valence-corrected chi connectivity index (χ1v) is 9.42. The molecule has 1 aliphatic carbocycles. The lowest BCUT2D eigenvalue weighted by Gasteiger charge is -2.33. The quantitative estimate of drug-likeness (QED) is 0.812. The Morgan fingerprint density at radius 2 is 1.73 bits per heavy atom. The number of carbonyl (C=O) groups excluding carboxylic acids is 1. The van der Waals surface area contributed by atoms with Crippen LogP contribution in [0, 0.1) is 11.8 Å². The molecule has 3 rings (SSSR count). The molecule has 4 nitrogen and oxygen atoms in total. The van der Waals surface area contributed by atoms with E-state index in [2.05, 4.69) is 10.2 Å². The Balaban J connectivity index is 1.37. The average Bonchev–Trinajstić information content (AvgIpc) is 2.91. The van der Waals surface area contributed by atoms with Crippen molar-refractivity contribution in [3.05, 3.63) is 0 Å². The van der Waals surface area contributed by atoms with Gasteiger partial charge in [-0.2, -0.15) is 0 Å². The van der Waals surface area contributed by atoms with Crippen molar-refractivity contribution >= 4 is 5.91 Å². The van der Waals surface area contributed by atoms with Gasteiger partial charge in [-0.25, -0.2) is 0 Å². The van der Waals surface area contributed by atoms with E-state index in [0.29, 0.717) is 11.9 Å². The molecule has 0 aromatic carbocycles. The second kappa shape index (κ2) is 8.30. The predicted molar refractivity (Wildman–Crippen MR) is 87.7 cm³/mol. The highest BCUT2D eigenvalue weighted by atomic mass is 16.5. The van der Waals surface area contributed by atoms with Gasteiger partial charge in [0.15, 0.2) is 0 Å². The van der Waals surface area contributed by atoms with Crippen molar-refractivity contribution < 1.29 is 9.53 Å². The van der Waals surface area contributed by atoms with Crippen molar-refractivity contribution in [3.8, 4) is 0 Å². The number of hydrogen-bond donors (Lipinski definition) is 1. The molecule has 126 valence electrons. The monoisotopic (exact) mass is 308 g/mol. The van der Waals surface area contributed by atoms with E-state index >= 15 is 0 Å². The molecule has 1 N–H and O–H groups in total. The molecule has 0 radical (unpaired) electrons. The fourth-order valence-corrected chi connectivity index (χ4v) is 4.21. The summed E-state index contributed by atoms with van der Waals surface area (Å²) < 4.78 is 5.46. The Kier molecular flexibility index (Phi) is 6.13. The van der Waals surface area contributed by atoms with E-state index in [9.17, 15) is 4.79 Å². The topological polar surface area (TPSA) is 41.6 Å². The van der Waals surface area contributed by atoms with Crippen LogP contribution < -0.4 is 5.32 Å². The van der Waals surface area contributed by atoms with Crippen LogP contribution in [0.15, 0.2) is 0 Å². The van der Waals surface area contributed by atoms with Crippen LogP contribution in [0.2, 0.25) is 0 Å². The molecule has 1 saturated carbocycles. The molecule has 0 spiro atoms. The molecule has 3 fully saturated rings. The van der Waals surface area contributed by atoms with Crippen LogP contribution in [0.1, 0.15) is 57.8 Å². The van der Waals surface area contributed by atoms with Gasteiger partial charge in [0.1, 0.15) is 0 Å². The van der Waals surface area contributed by atoms with Crippen LogP contribution in [-0.2, 0) is 9.53 Å². The maximum absolute atomic E-state index is 12.5. The standard InChI is InChI=1S/C18H32N2O2/c21-18(19-17-5-3-1-2-4-6-17)16-7-10-20(11-8-16)13-15-9-12-22-14-15/h15-17H,1-14H2,(H,19,21)/t15-/m1/s1. The van der Waals surface area contributed by atoms with Crippen LogP contribution >= 0.6 is 0 Å². The summed E-state index contributed by atoms with van der Waals surface area (Å²) in [5.74, 6) is 1.30. The number of ether oxygens (including phenoxy) is 1. The highest BCUT2D eigenvalue weighted by Gasteiger charge is 2.28. The average molecular weight is 308 g/mol. The minimum Gasteiger partial charge on any atom is -0.381 e. The number of amides is 1. The Bertz CT molecular complexity index is 339. The minimum atomic E-state index is 0.249. The van der Waals surface area contributed by atoms with Gasteiger partial charge >= 0.3 is 0 Å². The second-order valence-corrected chi connectivity index (χ2v) is 7.50. The molecule has 22 heavy (non-hydrogen) atoms. The summed E-state index contributed by atoms with van der Waals surface area (Å²) in [6.45, 7) is 5.20. The van der Waals surface area contributed by atoms with Gasteiger partial charge in [-0.05, 0) is 51.1 Å². The first-order chi connectivity index (χ1) is 10.8. The molecular formula is C18H32N2O2. The lowest BCUT2D eigenvalue weighted by atomic mass is 9.94. The summed E-state index contributed by atoms with van der Waals surface area (Å²) in [5.41, 5.74) is 0. The third kappa shape index (κ3) is 4.69. The van der Waals surface area contributed by atoms with Gasteiger partial charge in [-0.3, -0.25) is 4.79 Å². The molecule has 1 amide bonds. The summed E-state index contributed by atoms with van der Waals surface area (Å²) in [4.78, 5) is 15.0. The van der Waals surface area contributed by atoms with Crippen LogP contribution in [0.4, 0.5) is 0 Å². The predicted octanol–water partition coefficient (Wildman–Crippen LogP) is 2.57. The van der Waals surface area contributed by atoms with Gasteiger partial charge in [0.25, 0.3) is 0 Å². The maximum atomic E-state index is 12.5. The maximum Gasteiger partial charge on any atom is 0.223 e. The minimum absolute atomic E-state index is 0.249. The number of nitrogens with one attached hydrogen (secondary N) is 1. The molecule has 0 aromatic heterocycles. The molecule has 0 aromatic rings. The molecule has 1 atom stereocenters. The van der Waals surface area contributed by atoms with Crippen molar-refractivity contribution in [1.82, 2.24) is 10.2 Å². The molecule has 2 aliphatic heterocycles. The Morgan fingerprint density at radius 1 is 1.00 bits per heavy atom. The first-order valence-electron chi connectivity index (χ1n) is 9.42. The molecule has 0 unspecified atom stereocenters. The summed E-state index contributed by atoms with van der Waals surface area (Å²) in [6.07, 6.45) is 10.9. The highest BCUT2D eigenvalue weighted by Crippen LogP contribution is 2.22. The number of likely N-dealkylation sites (tertiary alicyclic amines) is 1. The number of nitrogens with zero attached hydrogens (tertiary/aromatic N) is 1. The normalized spacial score (nSPS) is 29.4. The van der Waals surface area contributed by atoms with Crippen molar-refractivity contribution in [3.63, 3.8) is 0 Å². The SMILES string of the molecule is O=C(NC1CCCCCC1)C1CCN(C[C@H]2CCOC2)CC1. The lowest BCUT2D eigenvalue weighted by molar-refractivity contribution is -0.127. The first kappa shape index (κ1) is 16.3. The van der Waals surface area contributed by atoms with E-state index in [4.69, 9.17) is 4.74 Å². The van der Waals surface area contributed by atoms with Crippen molar-refractivity contribution in [2.24, 2.45) is 11.8 Å². The van der Waals surface area contributed by atoms with E-state index in [1.807, 2.05) is 0 Å². The van der Waals surface area contributed by atoms with Gasteiger partial charge in [-0.15, -0.1) is 0 Å². The summed E-state index contributed by atoms with van der Waals surface area (Å²) in [7, 11) is 0. The largest absolute Gasteiger partial charge is 0.381 e.